The summed E-state index contributed by atoms with van der Waals surface area (Å²) < 4.78 is 6.16. The first kappa shape index (κ1) is 14.7. The van der Waals surface area contributed by atoms with Crippen molar-refractivity contribution in [1.82, 2.24) is 10.2 Å². The van der Waals surface area contributed by atoms with Crippen LogP contribution in [0.3, 0.4) is 0 Å². The molecule has 0 saturated carbocycles. The Kier molecular flexibility index (Phi) is 4.17. The number of carbonyl (C=O) groups is 1. The standard InChI is InChI=1S/C15H10BrN3O2S/c16-11-5-1-9(2-6-11)13(20)17-12-7-3-10(4-8-12)14-18-19-15(22)21-14/h1-8H,(H,17,20)(H,19,22). The van der Waals surface area contributed by atoms with E-state index >= 15 is 0 Å². The van der Waals surface area contributed by atoms with Gasteiger partial charge in [-0.05, 0) is 60.7 Å². The minimum absolute atomic E-state index is 0.169. The van der Waals surface area contributed by atoms with Crippen LogP contribution < -0.4 is 5.32 Å². The molecule has 7 heteroatoms. The molecular weight excluding hydrogens is 366 g/mol. The average Bonchev–Trinajstić information content (AvgIpc) is 2.95. The number of benzene rings is 2. The van der Waals surface area contributed by atoms with E-state index in [0.717, 1.165) is 10.0 Å². The van der Waals surface area contributed by atoms with Gasteiger partial charge in [0.15, 0.2) is 0 Å². The molecule has 22 heavy (non-hydrogen) atoms. The third-order valence-electron chi connectivity index (χ3n) is 2.93. The van der Waals surface area contributed by atoms with Gasteiger partial charge in [-0.15, -0.1) is 5.10 Å². The summed E-state index contributed by atoms with van der Waals surface area (Å²) >= 11 is 8.17. The quantitative estimate of drug-likeness (QED) is 0.664. The van der Waals surface area contributed by atoms with Gasteiger partial charge >= 0.3 is 0 Å². The maximum atomic E-state index is 12.1. The lowest BCUT2D eigenvalue weighted by atomic mass is 10.2. The van der Waals surface area contributed by atoms with Crippen LogP contribution in [0.25, 0.3) is 11.5 Å². The number of aromatic amines is 1. The number of hydrogen-bond donors (Lipinski definition) is 2. The molecule has 1 heterocycles. The fourth-order valence-corrected chi connectivity index (χ4v) is 2.24. The maximum Gasteiger partial charge on any atom is 0.284 e. The molecule has 0 fully saturated rings. The number of nitrogens with zero attached hydrogens (tertiary/aromatic N) is 1. The summed E-state index contributed by atoms with van der Waals surface area (Å²) in [5, 5.41) is 9.34. The molecular formula is C15H10BrN3O2S. The number of amides is 1. The van der Waals surface area contributed by atoms with E-state index < -0.39 is 0 Å². The lowest BCUT2D eigenvalue weighted by Gasteiger charge is -2.05. The summed E-state index contributed by atoms with van der Waals surface area (Å²) in [5.74, 6) is 0.244. The lowest BCUT2D eigenvalue weighted by Crippen LogP contribution is -2.11. The summed E-state index contributed by atoms with van der Waals surface area (Å²) in [4.78, 5) is 12.3. The first-order valence-corrected chi connectivity index (χ1v) is 7.55. The van der Waals surface area contributed by atoms with E-state index in [-0.39, 0.29) is 10.7 Å². The van der Waals surface area contributed by atoms with E-state index in [1.54, 1.807) is 36.4 Å². The van der Waals surface area contributed by atoms with Gasteiger partial charge in [0.05, 0.1) is 0 Å². The zero-order chi connectivity index (χ0) is 15.5. The molecule has 0 aliphatic heterocycles. The highest BCUT2D eigenvalue weighted by Crippen LogP contribution is 2.20. The summed E-state index contributed by atoms with van der Waals surface area (Å²) in [6.07, 6.45) is 0. The summed E-state index contributed by atoms with van der Waals surface area (Å²) in [6, 6.07) is 14.3. The van der Waals surface area contributed by atoms with E-state index in [9.17, 15) is 4.79 Å². The molecule has 0 spiro atoms. The average molecular weight is 376 g/mol. The molecule has 3 rings (SSSR count). The van der Waals surface area contributed by atoms with Crippen molar-refractivity contribution >= 4 is 39.7 Å². The van der Waals surface area contributed by atoms with Crippen molar-refractivity contribution in [3.8, 4) is 11.5 Å². The van der Waals surface area contributed by atoms with Gasteiger partial charge in [-0.1, -0.05) is 15.9 Å². The molecule has 2 N–H and O–H groups in total. The molecule has 0 unspecified atom stereocenters. The predicted octanol–water partition coefficient (Wildman–Crippen LogP) is 4.41. The highest BCUT2D eigenvalue weighted by molar-refractivity contribution is 9.10. The van der Waals surface area contributed by atoms with Crippen molar-refractivity contribution in [2.75, 3.05) is 5.32 Å². The van der Waals surface area contributed by atoms with E-state index in [1.807, 2.05) is 12.1 Å². The van der Waals surface area contributed by atoms with E-state index in [1.165, 1.54) is 0 Å². The summed E-state index contributed by atoms with van der Waals surface area (Å²) in [7, 11) is 0. The number of H-pyrrole nitrogens is 1. The molecule has 0 radical (unpaired) electrons. The highest BCUT2D eigenvalue weighted by atomic mass is 79.9. The molecule has 1 amide bonds. The van der Waals surface area contributed by atoms with Gasteiger partial charge in [-0.25, -0.2) is 5.10 Å². The molecule has 5 nitrogen and oxygen atoms in total. The Hall–Kier alpha value is -2.25. The molecule has 0 aliphatic rings. The van der Waals surface area contributed by atoms with Gasteiger partial charge in [0.25, 0.3) is 10.7 Å². The summed E-state index contributed by atoms with van der Waals surface area (Å²) in [5.41, 5.74) is 2.05. The zero-order valence-corrected chi connectivity index (χ0v) is 13.6. The third kappa shape index (κ3) is 3.32. The zero-order valence-electron chi connectivity index (χ0n) is 11.2. The fourth-order valence-electron chi connectivity index (χ4n) is 1.85. The fraction of sp³-hybridized carbons (Fsp3) is 0. The van der Waals surface area contributed by atoms with Crippen LogP contribution in [0.2, 0.25) is 0 Å². The van der Waals surface area contributed by atoms with Crippen LogP contribution in [0.15, 0.2) is 57.4 Å². The first-order valence-electron chi connectivity index (χ1n) is 6.35. The van der Waals surface area contributed by atoms with E-state index in [0.29, 0.717) is 17.1 Å². The molecule has 0 saturated heterocycles. The number of anilines is 1. The van der Waals surface area contributed by atoms with Crippen LogP contribution in [0, 0.1) is 4.84 Å². The topological polar surface area (TPSA) is 70.9 Å². The first-order chi connectivity index (χ1) is 10.6. The number of halogens is 1. The van der Waals surface area contributed by atoms with Crippen molar-refractivity contribution in [3.05, 3.63) is 63.4 Å². The number of nitrogens with one attached hydrogen (secondary N) is 2. The second-order valence-electron chi connectivity index (χ2n) is 4.46. The Morgan fingerprint density at radius 3 is 2.41 bits per heavy atom. The van der Waals surface area contributed by atoms with Crippen LogP contribution in [-0.4, -0.2) is 16.1 Å². The van der Waals surface area contributed by atoms with Crippen molar-refractivity contribution in [1.29, 1.82) is 0 Å². The molecule has 3 aromatic rings. The minimum atomic E-state index is -0.169. The van der Waals surface area contributed by atoms with Gasteiger partial charge in [0.1, 0.15) is 0 Å². The Morgan fingerprint density at radius 2 is 1.82 bits per heavy atom. The molecule has 0 aliphatic carbocycles. The van der Waals surface area contributed by atoms with Gasteiger partial charge in [-0.3, -0.25) is 4.79 Å². The third-order valence-corrected chi connectivity index (χ3v) is 3.64. The van der Waals surface area contributed by atoms with Crippen molar-refractivity contribution < 1.29 is 9.21 Å². The Morgan fingerprint density at radius 1 is 1.14 bits per heavy atom. The van der Waals surface area contributed by atoms with E-state index in [4.69, 9.17) is 16.6 Å². The van der Waals surface area contributed by atoms with Crippen LogP contribution >= 0.6 is 28.1 Å². The van der Waals surface area contributed by atoms with Crippen molar-refractivity contribution in [2.24, 2.45) is 0 Å². The lowest BCUT2D eigenvalue weighted by molar-refractivity contribution is 0.102. The molecule has 0 bridgehead atoms. The van der Waals surface area contributed by atoms with E-state index in [2.05, 4.69) is 31.4 Å². The number of aromatic nitrogens is 2. The van der Waals surface area contributed by atoms with Gasteiger partial charge < -0.3 is 9.73 Å². The monoisotopic (exact) mass is 375 g/mol. The molecule has 110 valence electrons. The summed E-state index contributed by atoms with van der Waals surface area (Å²) in [6.45, 7) is 0. The van der Waals surface area contributed by atoms with Crippen molar-refractivity contribution in [2.45, 2.75) is 0 Å². The van der Waals surface area contributed by atoms with Crippen LogP contribution in [-0.2, 0) is 0 Å². The Balaban J connectivity index is 1.74. The second kappa shape index (κ2) is 6.25. The number of rotatable bonds is 3. The number of carbonyl (C=O) groups excluding carboxylic acids is 1. The van der Waals surface area contributed by atoms with Gasteiger partial charge in [0.2, 0.25) is 5.89 Å². The Bertz CT molecular complexity index is 853. The predicted molar refractivity (Wildman–Crippen MR) is 89.2 cm³/mol. The SMILES string of the molecule is O=C(Nc1ccc(-c2n[nH]c(=S)o2)cc1)c1ccc(Br)cc1. The number of hydrogen-bond acceptors (Lipinski definition) is 4. The van der Waals surface area contributed by atoms with Crippen LogP contribution in [0.1, 0.15) is 10.4 Å². The second-order valence-corrected chi connectivity index (χ2v) is 5.74. The molecule has 0 atom stereocenters. The highest BCUT2D eigenvalue weighted by Gasteiger charge is 2.07. The largest absolute Gasteiger partial charge is 0.409 e. The van der Waals surface area contributed by atoms with Gasteiger partial charge in [0, 0.05) is 21.3 Å². The van der Waals surface area contributed by atoms with Crippen LogP contribution in [0.5, 0.6) is 0 Å². The van der Waals surface area contributed by atoms with Crippen LogP contribution in [0.4, 0.5) is 5.69 Å². The maximum absolute atomic E-state index is 12.1. The minimum Gasteiger partial charge on any atom is -0.409 e. The van der Waals surface area contributed by atoms with Gasteiger partial charge in [-0.2, -0.15) is 0 Å². The molecule has 2 aromatic carbocycles. The smallest absolute Gasteiger partial charge is 0.284 e. The molecule has 1 aromatic heterocycles. The normalized spacial score (nSPS) is 10.4. The Labute approximate surface area is 139 Å². The van der Waals surface area contributed by atoms with Crippen molar-refractivity contribution in [3.63, 3.8) is 0 Å².